The van der Waals surface area contributed by atoms with E-state index in [0.29, 0.717) is 16.7 Å². The Labute approximate surface area is 156 Å². The fraction of sp³-hybridized carbons (Fsp3) is 0.471. The molecule has 1 aromatic carbocycles. The zero-order chi connectivity index (χ0) is 18.3. The molecule has 0 amide bonds. The molecule has 9 heteroatoms. The van der Waals surface area contributed by atoms with E-state index in [4.69, 9.17) is 4.74 Å². The second-order valence-electron chi connectivity index (χ2n) is 6.63. The van der Waals surface area contributed by atoms with Gasteiger partial charge in [0.1, 0.15) is 33.9 Å². The minimum absolute atomic E-state index is 0.0969. The van der Waals surface area contributed by atoms with E-state index in [1.807, 2.05) is 29.8 Å². The lowest BCUT2D eigenvalue weighted by Gasteiger charge is -2.24. The van der Waals surface area contributed by atoms with Gasteiger partial charge in [0.05, 0.1) is 17.3 Å². The molecule has 7 nitrogen and oxygen atoms in total. The van der Waals surface area contributed by atoms with E-state index in [9.17, 15) is 8.42 Å². The van der Waals surface area contributed by atoms with Gasteiger partial charge in [0.25, 0.3) is 0 Å². The summed E-state index contributed by atoms with van der Waals surface area (Å²) in [4.78, 5) is 4.43. The van der Waals surface area contributed by atoms with Gasteiger partial charge in [-0.25, -0.2) is 13.4 Å². The number of fused-ring (bicyclic) bond motifs is 1. The molecule has 1 saturated carbocycles. The molecule has 138 valence electrons. The van der Waals surface area contributed by atoms with E-state index in [-0.39, 0.29) is 11.5 Å². The van der Waals surface area contributed by atoms with Gasteiger partial charge in [-0.1, -0.05) is 6.42 Å². The van der Waals surface area contributed by atoms with Gasteiger partial charge in [-0.05, 0) is 31.0 Å². The van der Waals surface area contributed by atoms with Crippen molar-refractivity contribution in [3.05, 3.63) is 34.9 Å². The first-order chi connectivity index (χ1) is 12.4. The summed E-state index contributed by atoms with van der Waals surface area (Å²) in [5.74, 6) is 2.33. The van der Waals surface area contributed by atoms with Gasteiger partial charge in [-0.3, -0.25) is 0 Å². The third kappa shape index (κ3) is 3.33. The van der Waals surface area contributed by atoms with Gasteiger partial charge in [0.15, 0.2) is 9.84 Å². The van der Waals surface area contributed by atoms with Crippen LogP contribution >= 0.6 is 11.3 Å². The average molecular weight is 393 g/mol. The molecule has 2 aromatic heterocycles. The molecule has 2 heterocycles. The molecule has 3 aromatic rings. The maximum absolute atomic E-state index is 12.6. The van der Waals surface area contributed by atoms with Crippen molar-refractivity contribution in [2.75, 3.05) is 7.11 Å². The smallest absolute Gasteiger partial charge is 0.164 e. The van der Waals surface area contributed by atoms with Gasteiger partial charge in [-0.15, -0.1) is 21.5 Å². The van der Waals surface area contributed by atoms with Crippen LogP contribution in [0.2, 0.25) is 0 Å². The summed E-state index contributed by atoms with van der Waals surface area (Å²) < 4.78 is 33.2. The van der Waals surface area contributed by atoms with Crippen molar-refractivity contribution < 1.29 is 13.2 Å². The van der Waals surface area contributed by atoms with Crippen LogP contribution in [0.1, 0.15) is 41.8 Å². The largest absolute Gasteiger partial charge is 0.497 e. The van der Waals surface area contributed by atoms with Gasteiger partial charge in [0.2, 0.25) is 0 Å². The van der Waals surface area contributed by atoms with Crippen molar-refractivity contribution >= 4 is 31.4 Å². The predicted molar refractivity (Wildman–Crippen MR) is 100 cm³/mol. The molecule has 1 aliphatic rings. The van der Waals surface area contributed by atoms with Crippen LogP contribution in [-0.4, -0.2) is 35.3 Å². The van der Waals surface area contributed by atoms with Crippen molar-refractivity contribution in [1.82, 2.24) is 19.7 Å². The summed E-state index contributed by atoms with van der Waals surface area (Å²) in [6, 6.07) is 5.53. The van der Waals surface area contributed by atoms with E-state index in [2.05, 4.69) is 15.2 Å². The number of nitrogens with zero attached hydrogens (tertiary/aromatic N) is 4. The highest BCUT2D eigenvalue weighted by atomic mass is 32.2. The third-order valence-electron chi connectivity index (χ3n) is 4.80. The summed E-state index contributed by atoms with van der Waals surface area (Å²) in [7, 11) is 0.0719. The Morgan fingerprint density at radius 3 is 2.77 bits per heavy atom. The molecule has 0 saturated heterocycles. The van der Waals surface area contributed by atoms with Crippen LogP contribution in [0.25, 0.3) is 10.2 Å². The fourth-order valence-corrected chi connectivity index (χ4v) is 5.85. The van der Waals surface area contributed by atoms with E-state index in [1.165, 1.54) is 17.8 Å². The van der Waals surface area contributed by atoms with E-state index >= 15 is 0 Å². The second-order valence-corrected chi connectivity index (χ2v) is 9.81. The average Bonchev–Trinajstić information content (AvgIpc) is 3.09. The number of benzene rings is 1. The van der Waals surface area contributed by atoms with E-state index < -0.39 is 9.84 Å². The Kier molecular flexibility index (Phi) is 4.44. The van der Waals surface area contributed by atoms with Crippen LogP contribution in [0.15, 0.2) is 18.2 Å². The first kappa shape index (κ1) is 17.4. The second kappa shape index (κ2) is 6.62. The number of methoxy groups -OCH3 is 1. The molecule has 4 rings (SSSR count). The maximum atomic E-state index is 12.6. The Hall–Kier alpha value is -2.00. The molecule has 0 N–H and O–H groups in total. The SMILES string of the molecule is COc1ccc2nc(CS(=O)(=O)Cc3nnc(C4CCC4)n3C)sc2c1. The monoisotopic (exact) mass is 392 g/mol. The first-order valence-corrected chi connectivity index (χ1v) is 11.1. The van der Waals surface area contributed by atoms with Crippen LogP contribution in [-0.2, 0) is 28.4 Å². The maximum Gasteiger partial charge on any atom is 0.164 e. The quantitative estimate of drug-likeness (QED) is 0.641. The summed E-state index contributed by atoms with van der Waals surface area (Å²) in [6.45, 7) is 0. The van der Waals surface area contributed by atoms with Crippen molar-refractivity contribution in [1.29, 1.82) is 0 Å². The number of hydrogen-bond acceptors (Lipinski definition) is 7. The standard InChI is InChI=1S/C17H20N4O3S2/c1-21-15(19-20-17(21)11-4-3-5-11)9-26(22,23)10-16-18-13-7-6-12(24-2)8-14(13)25-16/h6-8,11H,3-5,9-10H2,1-2H3. The van der Waals surface area contributed by atoms with Gasteiger partial charge < -0.3 is 9.30 Å². The van der Waals surface area contributed by atoms with E-state index in [0.717, 1.165) is 34.6 Å². The summed E-state index contributed by atoms with van der Waals surface area (Å²) >= 11 is 1.38. The van der Waals surface area contributed by atoms with Crippen LogP contribution in [0.3, 0.4) is 0 Å². The first-order valence-electron chi connectivity index (χ1n) is 8.47. The summed E-state index contributed by atoms with van der Waals surface area (Å²) in [5, 5.41) is 8.89. The number of hydrogen-bond donors (Lipinski definition) is 0. The highest BCUT2D eigenvalue weighted by Crippen LogP contribution is 2.35. The molecular formula is C17H20N4O3S2. The number of thiazole rings is 1. The van der Waals surface area contributed by atoms with Crippen molar-refractivity contribution in [2.45, 2.75) is 36.7 Å². The predicted octanol–water partition coefficient (Wildman–Crippen LogP) is 2.82. The van der Waals surface area contributed by atoms with Crippen molar-refractivity contribution in [3.63, 3.8) is 0 Å². The Morgan fingerprint density at radius 2 is 2.08 bits per heavy atom. The fourth-order valence-electron chi connectivity index (χ4n) is 3.10. The molecule has 0 unspecified atom stereocenters. The lowest BCUT2D eigenvalue weighted by atomic mass is 9.85. The van der Waals surface area contributed by atoms with E-state index in [1.54, 1.807) is 7.11 Å². The van der Waals surface area contributed by atoms with Gasteiger partial charge in [0, 0.05) is 13.0 Å². The molecule has 1 fully saturated rings. The number of sulfone groups is 1. The van der Waals surface area contributed by atoms with Gasteiger partial charge in [-0.2, -0.15) is 0 Å². The van der Waals surface area contributed by atoms with Crippen LogP contribution in [0, 0.1) is 0 Å². The highest BCUT2D eigenvalue weighted by Gasteiger charge is 2.27. The summed E-state index contributed by atoms with van der Waals surface area (Å²) in [6.07, 6.45) is 3.41. The lowest BCUT2D eigenvalue weighted by molar-refractivity contribution is 0.391. The molecule has 1 aliphatic carbocycles. The topological polar surface area (TPSA) is 87.0 Å². The van der Waals surface area contributed by atoms with Crippen molar-refractivity contribution in [2.24, 2.45) is 7.05 Å². The molecular weight excluding hydrogens is 372 g/mol. The summed E-state index contributed by atoms with van der Waals surface area (Å²) in [5.41, 5.74) is 0.784. The zero-order valence-electron chi connectivity index (χ0n) is 14.7. The Morgan fingerprint density at radius 1 is 1.27 bits per heavy atom. The molecule has 0 atom stereocenters. The molecule has 0 radical (unpaired) electrons. The molecule has 0 aliphatic heterocycles. The highest BCUT2D eigenvalue weighted by molar-refractivity contribution is 7.89. The zero-order valence-corrected chi connectivity index (χ0v) is 16.3. The Bertz CT molecular complexity index is 1050. The van der Waals surface area contributed by atoms with Crippen LogP contribution in [0.4, 0.5) is 0 Å². The molecule has 26 heavy (non-hydrogen) atoms. The molecule has 0 bridgehead atoms. The Balaban J connectivity index is 1.53. The minimum atomic E-state index is -3.38. The number of ether oxygens (including phenoxy) is 1. The normalized spacial score (nSPS) is 15.3. The minimum Gasteiger partial charge on any atom is -0.497 e. The number of aromatic nitrogens is 4. The molecule has 0 spiro atoms. The van der Waals surface area contributed by atoms with Gasteiger partial charge >= 0.3 is 0 Å². The van der Waals surface area contributed by atoms with Crippen molar-refractivity contribution in [3.8, 4) is 5.75 Å². The van der Waals surface area contributed by atoms with Crippen LogP contribution in [0.5, 0.6) is 5.75 Å². The number of rotatable bonds is 6. The van der Waals surface area contributed by atoms with Crippen LogP contribution < -0.4 is 4.74 Å². The third-order valence-corrected chi connectivity index (χ3v) is 7.41. The lowest BCUT2D eigenvalue weighted by Crippen LogP contribution is -2.16.